The summed E-state index contributed by atoms with van der Waals surface area (Å²) in [5.41, 5.74) is 11.3. The molecule has 0 radical (unpaired) electrons. The van der Waals surface area contributed by atoms with Gasteiger partial charge in [0, 0.05) is 30.8 Å². The van der Waals surface area contributed by atoms with Gasteiger partial charge in [0.2, 0.25) is 0 Å². The maximum atomic E-state index is 12.1. The Morgan fingerprint density at radius 3 is 2.62 bits per heavy atom. The first-order chi connectivity index (χ1) is 15.4. The van der Waals surface area contributed by atoms with E-state index in [1.807, 2.05) is 25.1 Å². The lowest BCUT2D eigenvalue weighted by molar-refractivity contribution is -0.140. The molecule has 1 amide bonds. The van der Waals surface area contributed by atoms with Crippen molar-refractivity contribution < 1.29 is 9.90 Å². The van der Waals surface area contributed by atoms with Gasteiger partial charge in [-0.25, -0.2) is 4.98 Å². The lowest BCUT2D eigenvalue weighted by Crippen LogP contribution is -2.42. The molecule has 1 aromatic carbocycles. The van der Waals surface area contributed by atoms with Crippen molar-refractivity contribution in [2.45, 2.75) is 38.7 Å². The molecular weight excluding hydrogens is 406 g/mol. The van der Waals surface area contributed by atoms with Crippen LogP contribution in [0, 0.1) is 6.92 Å². The summed E-state index contributed by atoms with van der Waals surface area (Å²) in [6, 6.07) is 8.13. The first kappa shape index (κ1) is 20.3. The van der Waals surface area contributed by atoms with Crippen LogP contribution >= 0.6 is 0 Å². The summed E-state index contributed by atoms with van der Waals surface area (Å²) < 4.78 is 2.07. The fourth-order valence-electron chi connectivity index (χ4n) is 4.39. The minimum atomic E-state index is -0.972. The molecule has 5 rings (SSSR count). The number of nitrogens with two attached hydrogens (primary N) is 1. The molecule has 0 saturated carbocycles. The number of benzene rings is 1. The third kappa shape index (κ3) is 3.44. The summed E-state index contributed by atoms with van der Waals surface area (Å²) in [6.07, 6.45) is 4.08. The Morgan fingerprint density at radius 2 is 1.91 bits per heavy atom. The SMILES string of the molecule is Cc1cc(-c2ccc3ncc4nnc(C5CCN(C(=O)[C@H](C)O)CC5)n4c3c2)cnc1N. The van der Waals surface area contributed by atoms with Gasteiger partial charge in [0.15, 0.2) is 5.65 Å². The van der Waals surface area contributed by atoms with Crippen LogP contribution in [0.2, 0.25) is 0 Å². The summed E-state index contributed by atoms with van der Waals surface area (Å²) in [5.74, 6) is 1.35. The molecule has 0 bridgehead atoms. The summed E-state index contributed by atoms with van der Waals surface area (Å²) in [7, 11) is 0. The zero-order chi connectivity index (χ0) is 22.4. The number of fused-ring (bicyclic) bond motifs is 3. The number of aromatic nitrogens is 5. The average Bonchev–Trinajstić information content (AvgIpc) is 3.25. The number of aliphatic hydroxyl groups excluding tert-OH is 1. The molecule has 1 fully saturated rings. The number of aryl methyl sites for hydroxylation is 1. The number of aliphatic hydroxyl groups is 1. The minimum Gasteiger partial charge on any atom is -0.384 e. The van der Waals surface area contributed by atoms with E-state index in [-0.39, 0.29) is 11.8 Å². The van der Waals surface area contributed by atoms with E-state index in [0.717, 1.165) is 46.4 Å². The number of nitrogen functional groups attached to an aromatic ring is 1. The van der Waals surface area contributed by atoms with E-state index in [1.54, 1.807) is 17.3 Å². The van der Waals surface area contributed by atoms with Crippen LogP contribution in [0.5, 0.6) is 0 Å². The van der Waals surface area contributed by atoms with Gasteiger partial charge in [-0.3, -0.25) is 14.2 Å². The number of nitrogens with zero attached hydrogens (tertiary/aromatic N) is 6. The number of hydrogen-bond donors (Lipinski definition) is 2. The Labute approximate surface area is 184 Å². The summed E-state index contributed by atoms with van der Waals surface area (Å²) in [5, 5.41) is 18.4. The van der Waals surface area contributed by atoms with Gasteiger partial charge in [-0.1, -0.05) is 6.07 Å². The maximum Gasteiger partial charge on any atom is 0.251 e. The van der Waals surface area contributed by atoms with Crippen LogP contribution in [0.15, 0.2) is 36.7 Å². The monoisotopic (exact) mass is 431 g/mol. The Kier molecular flexibility index (Phi) is 4.97. The molecule has 0 aliphatic carbocycles. The second kappa shape index (κ2) is 7.83. The van der Waals surface area contributed by atoms with Gasteiger partial charge in [0.05, 0.1) is 17.2 Å². The highest BCUT2D eigenvalue weighted by molar-refractivity contribution is 5.84. The standard InChI is InChI=1S/C23H25N7O2/c1-13-9-17(11-26-21(13)24)16-3-4-18-19(10-16)30-20(12-25-18)27-28-22(30)15-5-7-29(8-6-15)23(32)14(2)31/h3-4,9-12,14-15,31H,5-8H2,1-2H3,(H2,24,26)/t14-/m0/s1. The summed E-state index contributed by atoms with van der Waals surface area (Å²) in [6.45, 7) is 4.64. The molecule has 1 aliphatic rings. The molecule has 1 aliphatic heterocycles. The number of carbonyl (C=O) groups excluding carboxylic acids is 1. The topological polar surface area (TPSA) is 123 Å². The maximum absolute atomic E-state index is 12.1. The Morgan fingerprint density at radius 1 is 1.12 bits per heavy atom. The minimum absolute atomic E-state index is 0.165. The first-order valence-electron chi connectivity index (χ1n) is 10.8. The average molecular weight is 432 g/mol. The van der Waals surface area contributed by atoms with Gasteiger partial charge in [0.25, 0.3) is 5.91 Å². The number of amides is 1. The van der Waals surface area contributed by atoms with Crippen LogP contribution in [0.1, 0.15) is 37.1 Å². The van der Waals surface area contributed by atoms with E-state index < -0.39 is 6.10 Å². The molecule has 4 aromatic rings. The van der Waals surface area contributed by atoms with Crippen molar-refractivity contribution in [3.63, 3.8) is 0 Å². The fourth-order valence-corrected chi connectivity index (χ4v) is 4.39. The van der Waals surface area contributed by atoms with Gasteiger partial charge in [0.1, 0.15) is 17.7 Å². The molecule has 0 unspecified atom stereocenters. The van der Waals surface area contributed by atoms with E-state index in [1.165, 1.54) is 6.92 Å². The van der Waals surface area contributed by atoms with Gasteiger partial charge >= 0.3 is 0 Å². The smallest absolute Gasteiger partial charge is 0.251 e. The van der Waals surface area contributed by atoms with E-state index in [9.17, 15) is 9.90 Å². The zero-order valence-corrected chi connectivity index (χ0v) is 18.1. The Bertz CT molecular complexity index is 1320. The van der Waals surface area contributed by atoms with Gasteiger partial charge in [-0.05, 0) is 56.0 Å². The molecule has 9 heteroatoms. The van der Waals surface area contributed by atoms with Crippen LogP contribution in [-0.4, -0.2) is 59.7 Å². The number of likely N-dealkylation sites (tertiary alicyclic amines) is 1. The lowest BCUT2D eigenvalue weighted by Gasteiger charge is -2.32. The quantitative estimate of drug-likeness (QED) is 0.510. The largest absolute Gasteiger partial charge is 0.384 e. The number of pyridine rings is 1. The molecule has 1 atom stereocenters. The number of hydrogen-bond acceptors (Lipinski definition) is 7. The van der Waals surface area contributed by atoms with Crippen LogP contribution in [0.25, 0.3) is 27.8 Å². The van der Waals surface area contributed by atoms with Crippen molar-refractivity contribution in [3.8, 4) is 11.1 Å². The third-order valence-corrected chi connectivity index (χ3v) is 6.23. The molecule has 9 nitrogen and oxygen atoms in total. The van der Waals surface area contributed by atoms with Gasteiger partial charge in [-0.15, -0.1) is 10.2 Å². The Balaban J connectivity index is 1.54. The molecule has 4 heterocycles. The number of carbonyl (C=O) groups is 1. The van der Waals surface area contributed by atoms with Crippen molar-refractivity contribution in [1.29, 1.82) is 0 Å². The molecule has 164 valence electrons. The molecule has 32 heavy (non-hydrogen) atoms. The molecule has 1 saturated heterocycles. The van der Waals surface area contributed by atoms with Crippen molar-refractivity contribution in [2.75, 3.05) is 18.8 Å². The lowest BCUT2D eigenvalue weighted by atomic mass is 9.95. The highest BCUT2D eigenvalue weighted by Crippen LogP contribution is 2.31. The van der Waals surface area contributed by atoms with E-state index in [0.29, 0.717) is 24.6 Å². The summed E-state index contributed by atoms with van der Waals surface area (Å²) in [4.78, 5) is 22.7. The van der Waals surface area contributed by atoms with Crippen molar-refractivity contribution in [2.24, 2.45) is 0 Å². The normalized spacial score (nSPS) is 16.0. The zero-order valence-electron chi connectivity index (χ0n) is 18.1. The van der Waals surface area contributed by atoms with Gasteiger partial charge < -0.3 is 15.7 Å². The van der Waals surface area contributed by atoms with Crippen molar-refractivity contribution >= 4 is 28.4 Å². The van der Waals surface area contributed by atoms with E-state index >= 15 is 0 Å². The molecular formula is C23H25N7O2. The van der Waals surface area contributed by atoms with Crippen molar-refractivity contribution in [3.05, 3.63) is 48.0 Å². The van der Waals surface area contributed by atoms with Crippen LogP contribution in [0.3, 0.4) is 0 Å². The van der Waals surface area contributed by atoms with E-state index in [2.05, 4.69) is 30.6 Å². The van der Waals surface area contributed by atoms with Crippen LogP contribution in [0.4, 0.5) is 5.82 Å². The first-order valence-corrected chi connectivity index (χ1v) is 10.8. The highest BCUT2D eigenvalue weighted by atomic mass is 16.3. The summed E-state index contributed by atoms with van der Waals surface area (Å²) >= 11 is 0. The molecule has 0 spiro atoms. The van der Waals surface area contributed by atoms with Gasteiger partial charge in [-0.2, -0.15) is 0 Å². The predicted molar refractivity (Wildman–Crippen MR) is 121 cm³/mol. The fraction of sp³-hybridized carbons (Fsp3) is 0.348. The molecule has 3 N–H and O–H groups in total. The second-order valence-corrected chi connectivity index (χ2v) is 8.42. The highest BCUT2D eigenvalue weighted by Gasteiger charge is 2.28. The Hall–Kier alpha value is -3.59. The predicted octanol–water partition coefficient (Wildman–Crippen LogP) is 2.32. The number of anilines is 1. The number of rotatable bonds is 3. The van der Waals surface area contributed by atoms with E-state index in [4.69, 9.17) is 5.73 Å². The van der Waals surface area contributed by atoms with Crippen molar-refractivity contribution in [1.82, 2.24) is 29.5 Å². The molecule has 3 aromatic heterocycles. The second-order valence-electron chi connectivity index (χ2n) is 8.42. The van der Waals surface area contributed by atoms with Crippen LogP contribution < -0.4 is 5.73 Å². The van der Waals surface area contributed by atoms with Crippen LogP contribution in [-0.2, 0) is 4.79 Å². The third-order valence-electron chi connectivity index (χ3n) is 6.23. The number of piperidine rings is 1.